The maximum absolute atomic E-state index is 13.4. The minimum Gasteiger partial charge on any atom is -0.488 e. The molecule has 6 aromatic rings. The molecule has 0 aliphatic carbocycles. The average molecular weight is 732 g/mol. The Morgan fingerprint density at radius 2 is 1.78 bits per heavy atom. The van der Waals surface area contributed by atoms with Gasteiger partial charge < -0.3 is 24.9 Å². The van der Waals surface area contributed by atoms with E-state index in [4.69, 9.17) is 21.1 Å². The van der Waals surface area contributed by atoms with Crippen molar-refractivity contribution < 1.29 is 32.6 Å². The lowest BCUT2D eigenvalue weighted by atomic mass is 10.1. The summed E-state index contributed by atoms with van der Waals surface area (Å²) in [6.07, 6.45) is 1.50. The third kappa shape index (κ3) is 7.74. The number of anilines is 1. The summed E-state index contributed by atoms with van der Waals surface area (Å²) < 4.78 is 39.4. The fourth-order valence-corrected chi connectivity index (χ4v) is 7.06. The van der Waals surface area contributed by atoms with Crippen LogP contribution >= 0.6 is 11.6 Å². The first kappa shape index (κ1) is 35.2. The molecule has 14 nitrogen and oxygen atoms in total. The van der Waals surface area contributed by atoms with Gasteiger partial charge in [0.05, 0.1) is 28.5 Å². The van der Waals surface area contributed by atoms with Crippen LogP contribution in [0.4, 0.5) is 15.4 Å². The monoisotopic (exact) mass is 731 g/mol. The van der Waals surface area contributed by atoms with Gasteiger partial charge >= 0.3 is 12.2 Å². The molecule has 264 valence electrons. The Labute approximate surface area is 297 Å². The number of H-pyrrole nitrogens is 1. The summed E-state index contributed by atoms with van der Waals surface area (Å²) in [5.41, 5.74) is 2.33. The highest BCUT2D eigenvalue weighted by molar-refractivity contribution is 7.90. The van der Waals surface area contributed by atoms with E-state index in [1.54, 1.807) is 52.0 Å². The molecule has 0 bridgehead atoms. The second-order valence-electron chi connectivity index (χ2n) is 12.7. The summed E-state index contributed by atoms with van der Waals surface area (Å²) in [5.74, 6) is -0.175. The Morgan fingerprint density at radius 3 is 2.51 bits per heavy atom. The SMILES string of the molecule is Cc1nn(S(=O)(=O)c2ccccc2)c2cnc(-c3cc(OC[C@H](Cc4c[nH]c5ccccc45)NC(=O)OC(C)(C)C)c(NC(=O)O)nc3Cl)cc12. The number of carboxylic acid groups (broad SMARTS) is 1. The van der Waals surface area contributed by atoms with Crippen LogP contribution in [-0.4, -0.2) is 68.1 Å². The van der Waals surface area contributed by atoms with E-state index in [0.29, 0.717) is 23.2 Å². The van der Waals surface area contributed by atoms with E-state index >= 15 is 0 Å². The van der Waals surface area contributed by atoms with Crippen LogP contribution < -0.4 is 15.4 Å². The van der Waals surface area contributed by atoms with Crippen LogP contribution in [0, 0.1) is 6.92 Å². The van der Waals surface area contributed by atoms with E-state index in [2.05, 4.69) is 30.7 Å². The zero-order valence-electron chi connectivity index (χ0n) is 28.0. The van der Waals surface area contributed by atoms with Crippen LogP contribution in [0.15, 0.2) is 84.0 Å². The number of alkyl carbamates (subject to hydrolysis) is 1. The van der Waals surface area contributed by atoms with Crippen LogP contribution in [-0.2, 0) is 21.2 Å². The summed E-state index contributed by atoms with van der Waals surface area (Å²) in [7, 11) is -4.02. The number of nitrogens with one attached hydrogen (secondary N) is 3. The molecule has 0 radical (unpaired) electrons. The van der Waals surface area contributed by atoms with Gasteiger partial charge in [-0.05, 0) is 70.0 Å². The van der Waals surface area contributed by atoms with Crippen LogP contribution in [0.5, 0.6) is 5.75 Å². The van der Waals surface area contributed by atoms with E-state index in [-0.39, 0.29) is 39.3 Å². The van der Waals surface area contributed by atoms with Gasteiger partial charge in [-0.3, -0.25) is 10.3 Å². The zero-order valence-corrected chi connectivity index (χ0v) is 29.5. The molecule has 0 aliphatic rings. The highest BCUT2D eigenvalue weighted by Crippen LogP contribution is 2.36. The number of fused-ring (bicyclic) bond motifs is 2. The zero-order chi connectivity index (χ0) is 36.5. The normalized spacial score (nSPS) is 12.5. The number of carbonyl (C=O) groups excluding carboxylic acids is 1. The van der Waals surface area contributed by atoms with Crippen molar-refractivity contribution in [1.82, 2.24) is 29.5 Å². The van der Waals surface area contributed by atoms with E-state index in [0.717, 1.165) is 20.6 Å². The Bertz CT molecular complexity index is 2370. The number of hydrogen-bond acceptors (Lipinski definition) is 9. The van der Waals surface area contributed by atoms with Crippen molar-refractivity contribution in [2.45, 2.75) is 50.7 Å². The van der Waals surface area contributed by atoms with Gasteiger partial charge in [-0.25, -0.2) is 14.6 Å². The highest BCUT2D eigenvalue weighted by Gasteiger charge is 2.25. The van der Waals surface area contributed by atoms with E-state index in [1.807, 2.05) is 30.5 Å². The number of carbonyl (C=O) groups is 2. The van der Waals surface area contributed by atoms with Crippen LogP contribution in [0.1, 0.15) is 32.0 Å². The number of benzene rings is 2. The molecule has 6 rings (SSSR count). The molecular weight excluding hydrogens is 698 g/mol. The Kier molecular flexibility index (Phi) is 9.60. The summed E-state index contributed by atoms with van der Waals surface area (Å²) in [4.78, 5) is 36.6. The van der Waals surface area contributed by atoms with Gasteiger partial charge in [-0.1, -0.05) is 48.0 Å². The molecule has 0 saturated carbocycles. The minimum absolute atomic E-state index is 0.00712. The number of pyridine rings is 2. The van der Waals surface area contributed by atoms with Gasteiger partial charge in [0.2, 0.25) is 0 Å². The molecule has 4 N–H and O–H groups in total. The second-order valence-corrected chi connectivity index (χ2v) is 14.8. The Hall–Kier alpha value is -5.67. The molecule has 0 unspecified atom stereocenters. The van der Waals surface area contributed by atoms with Crippen LogP contribution in [0.2, 0.25) is 5.15 Å². The molecule has 16 heteroatoms. The Balaban J connectivity index is 1.34. The summed E-state index contributed by atoms with van der Waals surface area (Å²) in [6.45, 7) is 6.81. The molecule has 1 atom stereocenters. The van der Waals surface area contributed by atoms with Gasteiger partial charge in [0.1, 0.15) is 22.9 Å². The molecule has 51 heavy (non-hydrogen) atoms. The third-order valence-electron chi connectivity index (χ3n) is 7.73. The van der Waals surface area contributed by atoms with Crippen LogP contribution in [0.25, 0.3) is 33.1 Å². The first-order chi connectivity index (χ1) is 24.2. The quantitative estimate of drug-likeness (QED) is 0.109. The van der Waals surface area contributed by atoms with Gasteiger partial charge in [0, 0.05) is 28.0 Å². The van der Waals surface area contributed by atoms with E-state index < -0.39 is 33.9 Å². The van der Waals surface area contributed by atoms with Crippen molar-refractivity contribution in [2.75, 3.05) is 11.9 Å². The summed E-state index contributed by atoms with van der Waals surface area (Å²) in [6, 6.07) is 18.1. The number of aromatic nitrogens is 5. The number of aryl methyl sites for hydroxylation is 1. The standard InChI is InChI=1S/C35H34ClN7O7S/c1-20-25-15-28(38-18-29(25)43(42-20)51(47,48)23-10-6-5-7-11-23)26-16-30(32(40-31(26)36)41-33(44)45)49-19-22(39-34(46)50-35(2,3)4)14-21-17-37-27-13-9-8-12-24(21)27/h5-13,15-18,22,37H,14,19H2,1-4H3,(H,39,46)(H,40,41)(H,44,45)/t22-/m0/s1. The molecule has 2 aromatic carbocycles. The van der Waals surface area contributed by atoms with Gasteiger partial charge in [0.15, 0.2) is 11.6 Å². The topological polar surface area (TPSA) is 190 Å². The molecule has 0 fully saturated rings. The van der Waals surface area contributed by atoms with Gasteiger partial charge in [-0.2, -0.15) is 17.6 Å². The molecule has 0 aliphatic heterocycles. The van der Waals surface area contributed by atoms with Gasteiger partial charge in [0.25, 0.3) is 10.0 Å². The van der Waals surface area contributed by atoms with Crippen molar-refractivity contribution in [3.05, 3.63) is 95.5 Å². The number of aromatic amines is 1. The number of rotatable bonds is 10. The van der Waals surface area contributed by atoms with Gasteiger partial charge in [-0.15, -0.1) is 0 Å². The molecule has 0 saturated heterocycles. The maximum Gasteiger partial charge on any atom is 0.410 e. The average Bonchev–Trinajstić information content (AvgIpc) is 3.64. The number of amides is 2. The minimum atomic E-state index is -4.02. The summed E-state index contributed by atoms with van der Waals surface area (Å²) >= 11 is 6.58. The second kappa shape index (κ2) is 13.9. The first-order valence-electron chi connectivity index (χ1n) is 15.7. The third-order valence-corrected chi connectivity index (χ3v) is 9.62. The van der Waals surface area contributed by atoms with Crippen molar-refractivity contribution in [3.63, 3.8) is 0 Å². The molecular formula is C35H34ClN7O7S. The smallest absolute Gasteiger partial charge is 0.410 e. The number of halogens is 1. The van der Waals surface area contributed by atoms with Crippen molar-refractivity contribution >= 4 is 61.4 Å². The lowest BCUT2D eigenvalue weighted by Gasteiger charge is -2.24. The molecule has 4 heterocycles. The predicted octanol–water partition coefficient (Wildman–Crippen LogP) is 6.78. The largest absolute Gasteiger partial charge is 0.488 e. The maximum atomic E-state index is 13.4. The Morgan fingerprint density at radius 1 is 1.06 bits per heavy atom. The highest BCUT2D eigenvalue weighted by atomic mass is 35.5. The molecule has 4 aromatic heterocycles. The first-order valence-corrected chi connectivity index (χ1v) is 17.6. The predicted molar refractivity (Wildman–Crippen MR) is 192 cm³/mol. The fraction of sp³-hybridized carbons (Fsp3) is 0.229. The van der Waals surface area contributed by atoms with Crippen molar-refractivity contribution in [2.24, 2.45) is 0 Å². The van der Waals surface area contributed by atoms with Crippen LogP contribution in [0.3, 0.4) is 0 Å². The van der Waals surface area contributed by atoms with E-state index in [9.17, 15) is 23.1 Å². The number of para-hydroxylation sites is 1. The van der Waals surface area contributed by atoms with Crippen molar-refractivity contribution in [3.8, 4) is 17.0 Å². The number of nitrogens with zero attached hydrogens (tertiary/aromatic N) is 4. The molecule has 2 amide bonds. The number of hydrogen-bond donors (Lipinski definition) is 4. The fourth-order valence-electron chi connectivity index (χ4n) is 5.49. The van der Waals surface area contributed by atoms with Crippen molar-refractivity contribution in [1.29, 1.82) is 0 Å². The van der Waals surface area contributed by atoms with E-state index in [1.165, 1.54) is 24.4 Å². The summed E-state index contributed by atoms with van der Waals surface area (Å²) in [5, 5.41) is 20.3. The lowest BCUT2D eigenvalue weighted by Crippen LogP contribution is -2.43. The molecule has 0 spiro atoms. The lowest BCUT2D eigenvalue weighted by molar-refractivity contribution is 0.0488. The number of ether oxygens (including phenoxy) is 2.